The van der Waals surface area contributed by atoms with Crippen molar-refractivity contribution in [3.8, 4) is 0 Å². The molecule has 1 aromatic heterocycles. The van der Waals surface area contributed by atoms with Crippen molar-refractivity contribution in [1.82, 2.24) is 10.1 Å². The highest BCUT2D eigenvalue weighted by atomic mass is 16.5. The number of anilines is 2. The van der Waals surface area contributed by atoms with Crippen LogP contribution in [0.5, 0.6) is 0 Å². The first-order chi connectivity index (χ1) is 9.93. The Morgan fingerprint density at radius 2 is 2.14 bits per heavy atom. The van der Waals surface area contributed by atoms with E-state index in [9.17, 15) is 0 Å². The molecule has 3 rings (SSSR count). The summed E-state index contributed by atoms with van der Waals surface area (Å²) in [7, 11) is 0. The molecule has 1 aliphatic heterocycles. The van der Waals surface area contributed by atoms with Gasteiger partial charge in [0.2, 0.25) is 5.89 Å². The first kappa shape index (κ1) is 13.9. The van der Waals surface area contributed by atoms with Gasteiger partial charge in [0.15, 0.2) is 5.82 Å². The number of aromatic nitrogens is 2. The molecule has 0 fully saturated rings. The molecule has 0 bridgehead atoms. The van der Waals surface area contributed by atoms with Gasteiger partial charge in [0.25, 0.3) is 0 Å². The minimum absolute atomic E-state index is 0.0873. The summed E-state index contributed by atoms with van der Waals surface area (Å²) in [6.07, 6.45) is 2.20. The van der Waals surface area contributed by atoms with Gasteiger partial charge < -0.3 is 15.2 Å². The highest BCUT2D eigenvalue weighted by Crippen LogP contribution is 2.30. The average Bonchev–Trinajstić information content (AvgIpc) is 2.87. The van der Waals surface area contributed by atoms with Crippen LogP contribution in [0.4, 0.5) is 11.4 Å². The molecule has 1 aliphatic rings. The summed E-state index contributed by atoms with van der Waals surface area (Å²) in [5.74, 6) is 1.43. The van der Waals surface area contributed by atoms with Crippen molar-refractivity contribution in [3.05, 3.63) is 35.5 Å². The molecule has 0 saturated heterocycles. The number of rotatable bonds is 2. The zero-order chi connectivity index (χ0) is 15.0. The molecule has 0 aliphatic carbocycles. The van der Waals surface area contributed by atoms with Gasteiger partial charge in [-0.3, -0.25) is 0 Å². The summed E-state index contributed by atoms with van der Waals surface area (Å²) in [5, 5.41) is 4.09. The maximum absolute atomic E-state index is 5.87. The van der Waals surface area contributed by atoms with E-state index in [4.69, 9.17) is 10.3 Å². The van der Waals surface area contributed by atoms with Crippen LogP contribution in [-0.4, -0.2) is 16.7 Å². The number of nitrogens with two attached hydrogens (primary N) is 1. The smallest absolute Gasteiger partial charge is 0.246 e. The molecule has 112 valence electrons. The van der Waals surface area contributed by atoms with Gasteiger partial charge in [-0.05, 0) is 36.6 Å². The van der Waals surface area contributed by atoms with E-state index in [-0.39, 0.29) is 5.41 Å². The zero-order valence-electron chi connectivity index (χ0n) is 12.9. The summed E-state index contributed by atoms with van der Waals surface area (Å²) in [6.45, 7) is 7.91. The van der Waals surface area contributed by atoms with Crippen LogP contribution >= 0.6 is 0 Å². The van der Waals surface area contributed by atoms with Crippen LogP contribution < -0.4 is 10.6 Å². The van der Waals surface area contributed by atoms with Gasteiger partial charge in [0.1, 0.15) is 0 Å². The van der Waals surface area contributed by atoms with Crippen molar-refractivity contribution < 1.29 is 4.52 Å². The maximum Gasteiger partial charge on any atom is 0.246 e. The van der Waals surface area contributed by atoms with E-state index in [1.165, 1.54) is 11.3 Å². The van der Waals surface area contributed by atoms with Gasteiger partial charge in [0, 0.05) is 23.3 Å². The van der Waals surface area contributed by atoms with Crippen molar-refractivity contribution in [2.24, 2.45) is 0 Å². The molecule has 2 aromatic rings. The number of benzene rings is 1. The van der Waals surface area contributed by atoms with E-state index in [0.717, 1.165) is 30.9 Å². The van der Waals surface area contributed by atoms with Crippen LogP contribution in [0.25, 0.3) is 0 Å². The molecule has 5 nitrogen and oxygen atoms in total. The highest BCUT2D eigenvalue weighted by molar-refractivity contribution is 5.61. The second-order valence-corrected chi connectivity index (χ2v) is 6.67. The summed E-state index contributed by atoms with van der Waals surface area (Å²) in [6, 6.07) is 6.10. The number of fused-ring (bicyclic) bond motifs is 1. The SMILES string of the molecule is CC(C)(C)c1noc(CN2CCCc3cc(N)ccc32)n1. The lowest BCUT2D eigenvalue weighted by molar-refractivity contribution is 0.360. The Morgan fingerprint density at radius 1 is 1.33 bits per heavy atom. The third-order valence-corrected chi connectivity index (χ3v) is 3.78. The number of hydrogen-bond donors (Lipinski definition) is 1. The molecule has 1 aromatic carbocycles. The first-order valence-corrected chi connectivity index (χ1v) is 7.40. The van der Waals surface area contributed by atoms with E-state index >= 15 is 0 Å². The monoisotopic (exact) mass is 286 g/mol. The normalized spacial score (nSPS) is 15.1. The lowest BCUT2D eigenvalue weighted by Crippen LogP contribution is -2.29. The molecule has 0 spiro atoms. The molecule has 2 N–H and O–H groups in total. The van der Waals surface area contributed by atoms with Crippen molar-refractivity contribution in [2.45, 2.75) is 45.6 Å². The summed E-state index contributed by atoms with van der Waals surface area (Å²) in [5.41, 5.74) is 9.14. The van der Waals surface area contributed by atoms with Crippen molar-refractivity contribution in [1.29, 1.82) is 0 Å². The van der Waals surface area contributed by atoms with Gasteiger partial charge in [-0.2, -0.15) is 4.98 Å². The third kappa shape index (κ3) is 2.86. The molecule has 0 radical (unpaired) electrons. The number of nitrogen functional groups attached to an aromatic ring is 1. The average molecular weight is 286 g/mol. The van der Waals surface area contributed by atoms with E-state index in [0.29, 0.717) is 12.4 Å². The van der Waals surface area contributed by atoms with E-state index in [2.05, 4.69) is 47.9 Å². The summed E-state index contributed by atoms with van der Waals surface area (Å²) < 4.78 is 5.41. The van der Waals surface area contributed by atoms with E-state index in [1.807, 2.05) is 6.07 Å². The van der Waals surface area contributed by atoms with Gasteiger partial charge >= 0.3 is 0 Å². The first-order valence-electron chi connectivity index (χ1n) is 7.40. The Hall–Kier alpha value is -2.04. The van der Waals surface area contributed by atoms with Crippen molar-refractivity contribution in [3.63, 3.8) is 0 Å². The predicted octanol–water partition coefficient (Wildman–Crippen LogP) is 2.90. The van der Waals surface area contributed by atoms with Crippen molar-refractivity contribution in [2.75, 3.05) is 17.2 Å². The Labute approximate surface area is 125 Å². The topological polar surface area (TPSA) is 68.2 Å². The molecule has 0 amide bonds. The Kier molecular flexibility index (Phi) is 3.35. The fraction of sp³-hybridized carbons (Fsp3) is 0.500. The fourth-order valence-electron chi connectivity index (χ4n) is 2.65. The fourth-order valence-corrected chi connectivity index (χ4v) is 2.65. The lowest BCUT2D eigenvalue weighted by atomic mass is 9.96. The van der Waals surface area contributed by atoms with Gasteiger partial charge in [-0.15, -0.1) is 0 Å². The predicted molar refractivity (Wildman–Crippen MR) is 83.2 cm³/mol. The molecule has 2 heterocycles. The lowest BCUT2D eigenvalue weighted by Gasteiger charge is -2.30. The third-order valence-electron chi connectivity index (χ3n) is 3.78. The molecular weight excluding hydrogens is 264 g/mol. The molecule has 0 unspecified atom stereocenters. The van der Waals surface area contributed by atoms with Crippen LogP contribution in [0.1, 0.15) is 44.5 Å². The summed E-state index contributed by atoms with van der Waals surface area (Å²) >= 11 is 0. The molecular formula is C16H22N4O. The number of nitrogens with zero attached hydrogens (tertiary/aromatic N) is 3. The zero-order valence-corrected chi connectivity index (χ0v) is 12.9. The molecule has 0 saturated carbocycles. The quantitative estimate of drug-likeness (QED) is 0.860. The Morgan fingerprint density at radius 3 is 2.86 bits per heavy atom. The van der Waals surface area contributed by atoms with Crippen LogP contribution in [0.3, 0.4) is 0 Å². The summed E-state index contributed by atoms with van der Waals surface area (Å²) in [4.78, 5) is 6.81. The molecule has 0 atom stereocenters. The minimum Gasteiger partial charge on any atom is -0.399 e. The molecule has 5 heteroatoms. The van der Waals surface area contributed by atoms with Gasteiger partial charge in [-0.1, -0.05) is 25.9 Å². The number of aryl methyl sites for hydroxylation is 1. The largest absolute Gasteiger partial charge is 0.399 e. The van der Waals surface area contributed by atoms with E-state index in [1.54, 1.807) is 0 Å². The van der Waals surface area contributed by atoms with Gasteiger partial charge in [0.05, 0.1) is 6.54 Å². The van der Waals surface area contributed by atoms with Crippen LogP contribution in [0.15, 0.2) is 22.7 Å². The highest BCUT2D eigenvalue weighted by Gasteiger charge is 2.23. The number of hydrogen-bond acceptors (Lipinski definition) is 5. The molecule has 21 heavy (non-hydrogen) atoms. The van der Waals surface area contributed by atoms with Gasteiger partial charge in [-0.25, -0.2) is 0 Å². The van der Waals surface area contributed by atoms with Crippen molar-refractivity contribution >= 4 is 11.4 Å². The second-order valence-electron chi connectivity index (χ2n) is 6.67. The van der Waals surface area contributed by atoms with Crippen LogP contribution in [0.2, 0.25) is 0 Å². The van der Waals surface area contributed by atoms with Crippen LogP contribution in [0, 0.1) is 0 Å². The van der Waals surface area contributed by atoms with E-state index < -0.39 is 0 Å². The Bertz CT molecular complexity index is 642. The standard InChI is InChI=1S/C16H22N4O/c1-16(2,3)15-18-14(21-19-15)10-20-8-4-5-11-9-12(17)6-7-13(11)20/h6-7,9H,4-5,8,10,17H2,1-3H3. The minimum atomic E-state index is -0.0873. The Balaban J connectivity index is 1.82. The maximum atomic E-state index is 5.87. The van der Waals surface area contributed by atoms with Crippen LogP contribution in [-0.2, 0) is 18.4 Å². The second kappa shape index (κ2) is 5.06.